The van der Waals surface area contributed by atoms with Gasteiger partial charge in [0.15, 0.2) is 0 Å². The number of anilines is 3. The summed E-state index contributed by atoms with van der Waals surface area (Å²) in [4.78, 5) is 28.8. The summed E-state index contributed by atoms with van der Waals surface area (Å²) in [6.07, 6.45) is 0.280. The molecule has 1 fully saturated rings. The fourth-order valence-electron chi connectivity index (χ4n) is 3.72. The molecule has 0 aromatic heterocycles. The number of halogens is 2. The van der Waals surface area contributed by atoms with Gasteiger partial charge in [-0.15, -0.1) is 0 Å². The SMILES string of the molecule is O=C(Nc1ccc(N2CCN(C(=O)Cc3ccc(F)cc3)CC2)cc1)Nc1cccc(Br)c1. The van der Waals surface area contributed by atoms with Crippen molar-refractivity contribution in [3.8, 4) is 0 Å². The molecule has 2 N–H and O–H groups in total. The van der Waals surface area contributed by atoms with E-state index in [9.17, 15) is 14.0 Å². The second kappa shape index (κ2) is 10.5. The van der Waals surface area contributed by atoms with Crippen LogP contribution in [0.1, 0.15) is 5.56 Å². The van der Waals surface area contributed by atoms with E-state index in [0.717, 1.165) is 28.8 Å². The molecule has 6 nitrogen and oxygen atoms in total. The Labute approximate surface area is 200 Å². The molecule has 0 aliphatic carbocycles. The highest BCUT2D eigenvalue weighted by molar-refractivity contribution is 9.10. The maximum Gasteiger partial charge on any atom is 0.323 e. The average molecular weight is 511 g/mol. The van der Waals surface area contributed by atoms with Crippen molar-refractivity contribution in [1.29, 1.82) is 0 Å². The predicted molar refractivity (Wildman–Crippen MR) is 132 cm³/mol. The van der Waals surface area contributed by atoms with Crippen LogP contribution in [0.15, 0.2) is 77.3 Å². The van der Waals surface area contributed by atoms with Gasteiger partial charge in [0.05, 0.1) is 6.42 Å². The van der Waals surface area contributed by atoms with Crippen molar-refractivity contribution in [2.75, 3.05) is 41.7 Å². The first-order chi connectivity index (χ1) is 16.0. The highest BCUT2D eigenvalue weighted by atomic mass is 79.9. The Kier molecular flexibility index (Phi) is 7.24. The Morgan fingerprint density at radius 2 is 1.52 bits per heavy atom. The number of piperazine rings is 1. The lowest BCUT2D eigenvalue weighted by molar-refractivity contribution is -0.130. The van der Waals surface area contributed by atoms with Crippen LogP contribution in [0, 0.1) is 5.82 Å². The van der Waals surface area contributed by atoms with Crippen molar-refractivity contribution in [2.45, 2.75) is 6.42 Å². The standard InChI is InChI=1S/C25H24BrFN4O2/c26-19-2-1-3-22(17-19)29-25(33)28-21-8-10-23(11-9-21)30-12-14-31(15-13-30)24(32)16-18-4-6-20(27)7-5-18/h1-11,17H,12-16H2,(H2,28,29,33). The number of hydrogen-bond donors (Lipinski definition) is 2. The number of nitrogens with one attached hydrogen (secondary N) is 2. The fraction of sp³-hybridized carbons (Fsp3) is 0.200. The second-order valence-electron chi connectivity index (χ2n) is 7.81. The first-order valence-electron chi connectivity index (χ1n) is 10.7. The zero-order valence-electron chi connectivity index (χ0n) is 17.9. The highest BCUT2D eigenvalue weighted by Crippen LogP contribution is 2.21. The third kappa shape index (κ3) is 6.32. The van der Waals surface area contributed by atoms with Crippen molar-refractivity contribution in [1.82, 2.24) is 4.90 Å². The third-order valence-electron chi connectivity index (χ3n) is 5.47. The molecule has 0 bridgehead atoms. The van der Waals surface area contributed by atoms with E-state index in [2.05, 4.69) is 31.5 Å². The van der Waals surface area contributed by atoms with Gasteiger partial charge in [0, 0.05) is 47.7 Å². The molecule has 4 rings (SSSR count). The number of amides is 3. The number of hydrogen-bond acceptors (Lipinski definition) is 3. The molecule has 0 saturated carbocycles. The topological polar surface area (TPSA) is 64.7 Å². The van der Waals surface area contributed by atoms with Gasteiger partial charge in [-0.1, -0.05) is 34.1 Å². The van der Waals surface area contributed by atoms with Gasteiger partial charge in [0.25, 0.3) is 0 Å². The first kappa shape index (κ1) is 22.8. The molecule has 3 aromatic rings. The van der Waals surface area contributed by atoms with Crippen LogP contribution in [0.25, 0.3) is 0 Å². The summed E-state index contributed by atoms with van der Waals surface area (Å²) in [5.41, 5.74) is 3.25. The summed E-state index contributed by atoms with van der Waals surface area (Å²) in [5, 5.41) is 5.63. The van der Waals surface area contributed by atoms with Crippen molar-refractivity contribution >= 4 is 44.9 Å². The van der Waals surface area contributed by atoms with Crippen molar-refractivity contribution < 1.29 is 14.0 Å². The molecular formula is C25H24BrFN4O2. The summed E-state index contributed by atoms with van der Waals surface area (Å²) >= 11 is 3.38. The summed E-state index contributed by atoms with van der Waals surface area (Å²) in [6, 6.07) is 20.8. The molecule has 3 amide bonds. The van der Waals surface area contributed by atoms with E-state index in [1.54, 1.807) is 12.1 Å². The van der Waals surface area contributed by atoms with E-state index in [1.165, 1.54) is 12.1 Å². The Morgan fingerprint density at radius 1 is 0.848 bits per heavy atom. The Morgan fingerprint density at radius 3 is 2.18 bits per heavy atom. The lowest BCUT2D eigenvalue weighted by atomic mass is 10.1. The minimum absolute atomic E-state index is 0.0530. The van der Waals surface area contributed by atoms with Gasteiger partial charge in [0.1, 0.15) is 5.82 Å². The zero-order valence-corrected chi connectivity index (χ0v) is 19.5. The molecule has 1 saturated heterocycles. The van der Waals surface area contributed by atoms with Gasteiger partial charge in [-0.05, 0) is 60.2 Å². The Bertz CT molecular complexity index is 1110. The molecular weight excluding hydrogens is 487 g/mol. The molecule has 1 aliphatic rings. The van der Waals surface area contributed by atoms with Crippen LogP contribution in [0.3, 0.4) is 0 Å². The van der Waals surface area contributed by atoms with E-state index in [0.29, 0.717) is 24.5 Å². The molecule has 170 valence electrons. The minimum Gasteiger partial charge on any atom is -0.368 e. The molecule has 8 heteroatoms. The van der Waals surface area contributed by atoms with Crippen molar-refractivity contribution in [2.24, 2.45) is 0 Å². The van der Waals surface area contributed by atoms with E-state index in [-0.39, 0.29) is 24.2 Å². The van der Waals surface area contributed by atoms with Gasteiger partial charge in [0.2, 0.25) is 5.91 Å². The number of urea groups is 1. The molecule has 0 atom stereocenters. The van der Waals surface area contributed by atoms with E-state index in [1.807, 2.05) is 53.4 Å². The minimum atomic E-state index is -0.311. The smallest absolute Gasteiger partial charge is 0.323 e. The third-order valence-corrected chi connectivity index (χ3v) is 5.97. The van der Waals surface area contributed by atoms with Crippen LogP contribution in [-0.4, -0.2) is 43.0 Å². The average Bonchev–Trinajstić information content (AvgIpc) is 2.81. The molecule has 3 aromatic carbocycles. The maximum atomic E-state index is 13.0. The summed E-state index contributed by atoms with van der Waals surface area (Å²) < 4.78 is 13.9. The fourth-order valence-corrected chi connectivity index (χ4v) is 4.12. The molecule has 33 heavy (non-hydrogen) atoms. The van der Waals surface area contributed by atoms with Crippen LogP contribution in [-0.2, 0) is 11.2 Å². The summed E-state index contributed by atoms with van der Waals surface area (Å²) in [5.74, 6) is -0.247. The first-order valence-corrected chi connectivity index (χ1v) is 11.5. The second-order valence-corrected chi connectivity index (χ2v) is 8.72. The van der Waals surface area contributed by atoms with E-state index < -0.39 is 0 Å². The summed E-state index contributed by atoms with van der Waals surface area (Å²) in [7, 11) is 0. The normalized spacial score (nSPS) is 13.5. The number of benzene rings is 3. The highest BCUT2D eigenvalue weighted by Gasteiger charge is 2.21. The maximum absolute atomic E-state index is 13.0. The van der Waals surface area contributed by atoms with Crippen molar-refractivity contribution in [3.05, 3.63) is 88.6 Å². The quantitative estimate of drug-likeness (QED) is 0.500. The van der Waals surface area contributed by atoms with E-state index in [4.69, 9.17) is 0 Å². The van der Waals surface area contributed by atoms with Gasteiger partial charge < -0.3 is 20.4 Å². The Hall–Kier alpha value is -3.39. The molecule has 0 spiro atoms. The number of carbonyl (C=O) groups is 2. The summed E-state index contributed by atoms with van der Waals surface area (Å²) in [6.45, 7) is 2.72. The van der Waals surface area contributed by atoms with Crippen LogP contribution in [0.2, 0.25) is 0 Å². The van der Waals surface area contributed by atoms with Crippen LogP contribution in [0.4, 0.5) is 26.2 Å². The zero-order chi connectivity index (χ0) is 23.2. The molecule has 0 unspecified atom stereocenters. The van der Waals surface area contributed by atoms with Crippen molar-refractivity contribution in [3.63, 3.8) is 0 Å². The molecule has 1 heterocycles. The van der Waals surface area contributed by atoms with Gasteiger partial charge in [-0.3, -0.25) is 4.79 Å². The van der Waals surface area contributed by atoms with Crippen LogP contribution in [0.5, 0.6) is 0 Å². The predicted octanol–water partition coefficient (Wildman–Crippen LogP) is 5.12. The Balaban J connectivity index is 1.26. The largest absolute Gasteiger partial charge is 0.368 e. The number of nitrogens with zero attached hydrogens (tertiary/aromatic N) is 2. The number of carbonyl (C=O) groups excluding carboxylic acids is 2. The van der Waals surface area contributed by atoms with Crippen LogP contribution >= 0.6 is 15.9 Å². The van der Waals surface area contributed by atoms with Gasteiger partial charge in [-0.25, -0.2) is 9.18 Å². The van der Waals surface area contributed by atoms with Gasteiger partial charge >= 0.3 is 6.03 Å². The monoisotopic (exact) mass is 510 g/mol. The van der Waals surface area contributed by atoms with Crippen LogP contribution < -0.4 is 15.5 Å². The molecule has 1 aliphatic heterocycles. The molecule has 0 radical (unpaired) electrons. The lowest BCUT2D eigenvalue weighted by Crippen LogP contribution is -2.49. The van der Waals surface area contributed by atoms with E-state index >= 15 is 0 Å². The van der Waals surface area contributed by atoms with Gasteiger partial charge in [-0.2, -0.15) is 0 Å². The lowest BCUT2D eigenvalue weighted by Gasteiger charge is -2.36. The number of rotatable bonds is 5.